The molecule has 0 saturated carbocycles. The van der Waals surface area contributed by atoms with Gasteiger partial charge in [0.2, 0.25) is 0 Å². The highest BCUT2D eigenvalue weighted by Gasteiger charge is 2.05. The van der Waals surface area contributed by atoms with Crippen LogP contribution in [-0.2, 0) is 4.74 Å². The number of nitrogens with two attached hydrogens (primary N) is 1. The molecule has 0 fully saturated rings. The van der Waals surface area contributed by atoms with E-state index in [1.54, 1.807) is 13.3 Å². The first kappa shape index (κ1) is 10.9. The van der Waals surface area contributed by atoms with Gasteiger partial charge in [-0.25, -0.2) is 4.68 Å². The van der Waals surface area contributed by atoms with Gasteiger partial charge in [-0.3, -0.25) is 0 Å². The highest BCUT2D eigenvalue weighted by Crippen LogP contribution is 2.13. The molecule has 0 amide bonds. The maximum atomic E-state index is 5.93. The summed E-state index contributed by atoms with van der Waals surface area (Å²) in [6.45, 7) is 0.529. The minimum atomic E-state index is -0.0725. The first-order valence-electron chi connectivity index (χ1n) is 5.16. The quantitative estimate of drug-likeness (QED) is 0.844. The Morgan fingerprint density at radius 1 is 1.38 bits per heavy atom. The Hall–Kier alpha value is -1.65. The summed E-state index contributed by atoms with van der Waals surface area (Å²) in [6.07, 6.45) is 3.66. The molecule has 0 unspecified atom stereocenters. The van der Waals surface area contributed by atoms with Crippen molar-refractivity contribution in [2.45, 2.75) is 6.04 Å². The number of nitrogens with zero attached hydrogens (tertiary/aromatic N) is 2. The van der Waals surface area contributed by atoms with Crippen LogP contribution in [0.25, 0.3) is 5.69 Å². The molecular weight excluding hydrogens is 202 g/mol. The number of ether oxygens (including phenoxy) is 1. The molecular formula is C12H15N3O. The van der Waals surface area contributed by atoms with Crippen LogP contribution in [0.4, 0.5) is 0 Å². The van der Waals surface area contributed by atoms with Gasteiger partial charge in [0.1, 0.15) is 0 Å². The number of benzene rings is 1. The van der Waals surface area contributed by atoms with Crippen molar-refractivity contribution in [3.8, 4) is 5.69 Å². The fraction of sp³-hybridized carbons (Fsp3) is 0.250. The lowest BCUT2D eigenvalue weighted by molar-refractivity contribution is 0.181. The molecule has 1 atom stereocenters. The van der Waals surface area contributed by atoms with Crippen molar-refractivity contribution in [1.29, 1.82) is 0 Å². The van der Waals surface area contributed by atoms with Gasteiger partial charge in [-0.15, -0.1) is 0 Å². The third kappa shape index (κ3) is 2.29. The van der Waals surface area contributed by atoms with E-state index in [2.05, 4.69) is 5.10 Å². The van der Waals surface area contributed by atoms with Gasteiger partial charge < -0.3 is 10.5 Å². The highest BCUT2D eigenvalue weighted by atomic mass is 16.5. The monoisotopic (exact) mass is 217 g/mol. The van der Waals surface area contributed by atoms with Gasteiger partial charge in [-0.1, -0.05) is 12.1 Å². The number of aromatic nitrogens is 2. The van der Waals surface area contributed by atoms with Crippen molar-refractivity contribution < 1.29 is 4.74 Å². The fourth-order valence-corrected chi connectivity index (χ4v) is 1.57. The van der Waals surface area contributed by atoms with Crippen molar-refractivity contribution in [2.75, 3.05) is 13.7 Å². The summed E-state index contributed by atoms with van der Waals surface area (Å²) in [6, 6.07) is 9.82. The molecule has 0 aliphatic rings. The molecule has 1 heterocycles. The Kier molecular flexibility index (Phi) is 3.34. The first-order chi connectivity index (χ1) is 7.81. The summed E-state index contributed by atoms with van der Waals surface area (Å²) < 4.78 is 6.83. The summed E-state index contributed by atoms with van der Waals surface area (Å²) >= 11 is 0. The van der Waals surface area contributed by atoms with Crippen LogP contribution in [0.2, 0.25) is 0 Å². The van der Waals surface area contributed by atoms with Gasteiger partial charge in [0.25, 0.3) is 0 Å². The standard InChI is InChI=1S/C12H15N3O/c1-16-9-12(13)10-3-5-11(6-4-10)15-8-2-7-14-15/h2-8,12H,9,13H2,1H3/t12-/m0/s1. The molecule has 0 aliphatic heterocycles. The zero-order chi connectivity index (χ0) is 11.4. The van der Waals surface area contributed by atoms with Crippen molar-refractivity contribution >= 4 is 0 Å². The van der Waals surface area contributed by atoms with Gasteiger partial charge in [-0.2, -0.15) is 5.10 Å². The van der Waals surface area contributed by atoms with E-state index in [4.69, 9.17) is 10.5 Å². The molecule has 1 aromatic heterocycles. The number of hydrogen-bond donors (Lipinski definition) is 1. The van der Waals surface area contributed by atoms with E-state index in [-0.39, 0.29) is 6.04 Å². The van der Waals surface area contributed by atoms with Crippen LogP contribution < -0.4 is 5.73 Å². The summed E-state index contributed by atoms with van der Waals surface area (Å²) in [5, 5.41) is 4.16. The van der Waals surface area contributed by atoms with E-state index in [9.17, 15) is 0 Å². The van der Waals surface area contributed by atoms with Gasteiger partial charge in [0.05, 0.1) is 18.3 Å². The second kappa shape index (κ2) is 4.92. The molecule has 4 nitrogen and oxygen atoms in total. The third-order valence-corrected chi connectivity index (χ3v) is 2.44. The lowest BCUT2D eigenvalue weighted by Crippen LogP contribution is -2.15. The summed E-state index contributed by atoms with van der Waals surface area (Å²) in [5.41, 5.74) is 8.02. The average Bonchev–Trinajstić information content (AvgIpc) is 2.83. The number of rotatable bonds is 4. The Morgan fingerprint density at radius 3 is 2.69 bits per heavy atom. The van der Waals surface area contributed by atoms with Gasteiger partial charge in [0.15, 0.2) is 0 Å². The van der Waals surface area contributed by atoms with Crippen molar-refractivity contribution in [3.05, 3.63) is 48.3 Å². The summed E-state index contributed by atoms with van der Waals surface area (Å²) in [7, 11) is 1.65. The van der Waals surface area contributed by atoms with Gasteiger partial charge in [-0.05, 0) is 23.8 Å². The smallest absolute Gasteiger partial charge is 0.0655 e. The molecule has 0 bridgehead atoms. The molecule has 0 saturated heterocycles. The Balaban J connectivity index is 2.16. The zero-order valence-corrected chi connectivity index (χ0v) is 9.21. The highest BCUT2D eigenvalue weighted by molar-refractivity contribution is 5.34. The predicted octanol–water partition coefficient (Wildman–Crippen LogP) is 1.52. The van der Waals surface area contributed by atoms with E-state index < -0.39 is 0 Å². The van der Waals surface area contributed by atoms with E-state index in [1.807, 2.05) is 41.2 Å². The topological polar surface area (TPSA) is 53.1 Å². The Labute approximate surface area is 94.6 Å². The Morgan fingerprint density at radius 2 is 2.12 bits per heavy atom. The lowest BCUT2D eigenvalue weighted by atomic mass is 10.1. The molecule has 0 aliphatic carbocycles. The van der Waals surface area contributed by atoms with Crippen LogP contribution >= 0.6 is 0 Å². The van der Waals surface area contributed by atoms with Gasteiger partial charge >= 0.3 is 0 Å². The maximum Gasteiger partial charge on any atom is 0.0655 e. The van der Waals surface area contributed by atoms with E-state index in [0.29, 0.717) is 6.61 Å². The molecule has 0 spiro atoms. The number of methoxy groups -OCH3 is 1. The van der Waals surface area contributed by atoms with Gasteiger partial charge in [0, 0.05) is 19.5 Å². The van der Waals surface area contributed by atoms with Crippen LogP contribution in [-0.4, -0.2) is 23.5 Å². The molecule has 2 N–H and O–H groups in total. The lowest BCUT2D eigenvalue weighted by Gasteiger charge is -2.11. The molecule has 2 aromatic rings. The van der Waals surface area contributed by atoms with E-state index in [0.717, 1.165) is 11.3 Å². The van der Waals surface area contributed by atoms with Crippen LogP contribution in [0.1, 0.15) is 11.6 Å². The second-order valence-corrected chi connectivity index (χ2v) is 3.60. The molecule has 1 aromatic carbocycles. The van der Waals surface area contributed by atoms with Crippen molar-refractivity contribution in [1.82, 2.24) is 9.78 Å². The molecule has 4 heteroatoms. The molecule has 0 radical (unpaired) electrons. The van der Waals surface area contributed by atoms with Crippen LogP contribution in [0.3, 0.4) is 0 Å². The zero-order valence-electron chi connectivity index (χ0n) is 9.21. The van der Waals surface area contributed by atoms with Crippen LogP contribution in [0.15, 0.2) is 42.7 Å². The number of hydrogen-bond acceptors (Lipinski definition) is 3. The van der Waals surface area contributed by atoms with E-state index in [1.165, 1.54) is 0 Å². The molecule has 84 valence electrons. The van der Waals surface area contributed by atoms with Crippen molar-refractivity contribution in [3.63, 3.8) is 0 Å². The normalized spacial score (nSPS) is 12.6. The molecule has 2 rings (SSSR count). The second-order valence-electron chi connectivity index (χ2n) is 3.60. The minimum Gasteiger partial charge on any atom is -0.383 e. The summed E-state index contributed by atoms with van der Waals surface area (Å²) in [5.74, 6) is 0. The maximum absolute atomic E-state index is 5.93. The van der Waals surface area contributed by atoms with Crippen LogP contribution in [0, 0.1) is 0 Å². The van der Waals surface area contributed by atoms with Crippen molar-refractivity contribution in [2.24, 2.45) is 5.73 Å². The SMILES string of the molecule is COC[C@H](N)c1ccc(-n2cccn2)cc1. The first-order valence-corrected chi connectivity index (χ1v) is 5.16. The van der Waals surface area contributed by atoms with E-state index >= 15 is 0 Å². The fourth-order valence-electron chi connectivity index (χ4n) is 1.57. The largest absolute Gasteiger partial charge is 0.383 e. The third-order valence-electron chi connectivity index (χ3n) is 2.44. The molecule has 16 heavy (non-hydrogen) atoms. The van der Waals surface area contributed by atoms with Crippen LogP contribution in [0.5, 0.6) is 0 Å². The summed E-state index contributed by atoms with van der Waals surface area (Å²) in [4.78, 5) is 0. The average molecular weight is 217 g/mol. The minimum absolute atomic E-state index is 0.0725. The predicted molar refractivity (Wildman–Crippen MR) is 62.4 cm³/mol. The Bertz CT molecular complexity index is 422.